The highest BCUT2D eigenvalue weighted by molar-refractivity contribution is 5.63. The van der Waals surface area contributed by atoms with E-state index in [0.717, 1.165) is 31.2 Å². The van der Waals surface area contributed by atoms with Crippen molar-refractivity contribution in [2.24, 2.45) is 5.92 Å². The fourth-order valence-electron chi connectivity index (χ4n) is 3.26. The number of hydrogen-bond acceptors (Lipinski definition) is 3. The summed E-state index contributed by atoms with van der Waals surface area (Å²) < 4.78 is 5.88. The highest BCUT2D eigenvalue weighted by Gasteiger charge is 2.15. The first-order valence-corrected chi connectivity index (χ1v) is 8.67. The van der Waals surface area contributed by atoms with Crippen LogP contribution in [0.15, 0.2) is 48.8 Å². The number of nitrogens with zero attached hydrogens (tertiary/aromatic N) is 2. The third-order valence-electron chi connectivity index (χ3n) is 4.50. The molecule has 1 aliphatic heterocycles. The first-order chi connectivity index (χ1) is 11.3. The Bertz CT molecular complexity index is 582. The second-order valence-corrected chi connectivity index (χ2v) is 6.51. The van der Waals surface area contributed by atoms with Crippen molar-refractivity contribution in [3.8, 4) is 16.9 Å². The number of pyridine rings is 1. The predicted molar refractivity (Wildman–Crippen MR) is 94.6 cm³/mol. The zero-order valence-electron chi connectivity index (χ0n) is 13.9. The van der Waals surface area contributed by atoms with E-state index in [1.54, 1.807) is 0 Å². The summed E-state index contributed by atoms with van der Waals surface area (Å²) in [6.07, 6.45) is 7.47. The van der Waals surface area contributed by atoms with Gasteiger partial charge in [0.05, 0.1) is 6.61 Å². The molecule has 3 heteroatoms. The van der Waals surface area contributed by atoms with Gasteiger partial charge in [0.2, 0.25) is 0 Å². The van der Waals surface area contributed by atoms with Crippen molar-refractivity contribution in [3.05, 3.63) is 48.8 Å². The van der Waals surface area contributed by atoms with E-state index >= 15 is 0 Å². The Balaban J connectivity index is 1.42. The molecule has 0 saturated carbocycles. The fourth-order valence-corrected chi connectivity index (χ4v) is 3.26. The van der Waals surface area contributed by atoms with Crippen LogP contribution < -0.4 is 4.74 Å². The average molecular weight is 310 g/mol. The van der Waals surface area contributed by atoms with Crippen LogP contribution in [-0.4, -0.2) is 36.1 Å². The molecule has 1 aliphatic rings. The maximum Gasteiger partial charge on any atom is 0.119 e. The molecule has 1 saturated heterocycles. The lowest BCUT2D eigenvalue weighted by atomic mass is 10.0. The van der Waals surface area contributed by atoms with Crippen LogP contribution in [0.25, 0.3) is 11.1 Å². The quantitative estimate of drug-likeness (QED) is 0.746. The topological polar surface area (TPSA) is 25.4 Å². The minimum Gasteiger partial charge on any atom is -0.494 e. The lowest BCUT2D eigenvalue weighted by Crippen LogP contribution is -2.35. The van der Waals surface area contributed by atoms with E-state index < -0.39 is 0 Å². The van der Waals surface area contributed by atoms with E-state index in [1.807, 2.05) is 24.5 Å². The highest BCUT2D eigenvalue weighted by Crippen LogP contribution is 2.22. The number of benzene rings is 1. The van der Waals surface area contributed by atoms with Gasteiger partial charge in [-0.05, 0) is 67.1 Å². The smallest absolute Gasteiger partial charge is 0.119 e. The molecule has 0 amide bonds. The number of piperidine rings is 1. The highest BCUT2D eigenvalue weighted by atomic mass is 16.5. The van der Waals surface area contributed by atoms with Crippen molar-refractivity contribution in [1.29, 1.82) is 0 Å². The molecule has 23 heavy (non-hydrogen) atoms. The van der Waals surface area contributed by atoms with E-state index in [1.165, 1.54) is 37.1 Å². The molecule has 0 spiro atoms. The minimum absolute atomic E-state index is 0.791. The van der Waals surface area contributed by atoms with Crippen molar-refractivity contribution >= 4 is 0 Å². The second kappa shape index (κ2) is 8.11. The van der Waals surface area contributed by atoms with Crippen molar-refractivity contribution in [1.82, 2.24) is 9.88 Å². The molecular weight excluding hydrogens is 284 g/mol. The van der Waals surface area contributed by atoms with E-state index in [-0.39, 0.29) is 0 Å². The Morgan fingerprint density at radius 2 is 1.83 bits per heavy atom. The van der Waals surface area contributed by atoms with Gasteiger partial charge in [-0.2, -0.15) is 0 Å². The number of likely N-dealkylation sites (tertiary alicyclic amines) is 1. The Kier molecular flexibility index (Phi) is 5.65. The standard InChI is InChI=1S/C20H26N2O/c1-17-4-2-13-22(16-17)14-3-15-23-20-7-5-18(6-8-20)19-9-11-21-12-10-19/h5-12,17H,2-4,13-16H2,1H3/t17-/m0/s1. The lowest BCUT2D eigenvalue weighted by molar-refractivity contribution is 0.170. The van der Waals surface area contributed by atoms with Crippen molar-refractivity contribution in [2.45, 2.75) is 26.2 Å². The second-order valence-electron chi connectivity index (χ2n) is 6.51. The minimum atomic E-state index is 0.791. The Hall–Kier alpha value is -1.87. The van der Waals surface area contributed by atoms with Gasteiger partial charge in [0.15, 0.2) is 0 Å². The molecule has 1 fully saturated rings. The van der Waals surface area contributed by atoms with Gasteiger partial charge in [-0.25, -0.2) is 0 Å². The predicted octanol–water partition coefficient (Wildman–Crippen LogP) is 4.25. The molecule has 122 valence electrons. The molecular formula is C20H26N2O. The van der Waals surface area contributed by atoms with E-state index in [4.69, 9.17) is 4.74 Å². The monoisotopic (exact) mass is 310 g/mol. The summed E-state index contributed by atoms with van der Waals surface area (Å²) in [6.45, 7) is 6.80. The zero-order valence-corrected chi connectivity index (χ0v) is 13.9. The van der Waals surface area contributed by atoms with Crippen LogP contribution in [0.2, 0.25) is 0 Å². The summed E-state index contributed by atoms with van der Waals surface area (Å²) in [6, 6.07) is 12.4. The van der Waals surface area contributed by atoms with E-state index in [2.05, 4.69) is 41.1 Å². The summed E-state index contributed by atoms with van der Waals surface area (Å²) >= 11 is 0. The molecule has 0 N–H and O–H groups in total. The molecule has 0 aliphatic carbocycles. The molecule has 0 bridgehead atoms. The van der Waals surface area contributed by atoms with Crippen LogP contribution in [0.4, 0.5) is 0 Å². The normalized spacial score (nSPS) is 18.7. The summed E-state index contributed by atoms with van der Waals surface area (Å²) in [4.78, 5) is 6.63. The molecule has 3 nitrogen and oxygen atoms in total. The Morgan fingerprint density at radius 1 is 1.09 bits per heavy atom. The number of hydrogen-bond donors (Lipinski definition) is 0. The van der Waals surface area contributed by atoms with Gasteiger partial charge in [0.25, 0.3) is 0 Å². The molecule has 2 heterocycles. The van der Waals surface area contributed by atoms with Crippen molar-refractivity contribution in [2.75, 3.05) is 26.2 Å². The molecule has 0 radical (unpaired) electrons. The zero-order chi connectivity index (χ0) is 15.9. The van der Waals surface area contributed by atoms with E-state index in [0.29, 0.717) is 0 Å². The molecule has 1 aromatic heterocycles. The summed E-state index contributed by atoms with van der Waals surface area (Å²) in [7, 11) is 0. The molecule has 0 unspecified atom stereocenters. The summed E-state index contributed by atoms with van der Waals surface area (Å²) in [5, 5.41) is 0. The van der Waals surface area contributed by atoms with Gasteiger partial charge < -0.3 is 9.64 Å². The van der Waals surface area contributed by atoms with Crippen molar-refractivity contribution < 1.29 is 4.74 Å². The Morgan fingerprint density at radius 3 is 2.57 bits per heavy atom. The average Bonchev–Trinajstić information content (AvgIpc) is 2.60. The van der Waals surface area contributed by atoms with Crippen molar-refractivity contribution in [3.63, 3.8) is 0 Å². The third-order valence-corrected chi connectivity index (χ3v) is 4.50. The van der Waals surface area contributed by atoms with Crippen LogP contribution in [0, 0.1) is 5.92 Å². The van der Waals surface area contributed by atoms with Gasteiger partial charge in [0, 0.05) is 25.5 Å². The van der Waals surface area contributed by atoms with Crippen LogP contribution in [0.3, 0.4) is 0 Å². The van der Waals surface area contributed by atoms with E-state index in [9.17, 15) is 0 Å². The van der Waals surface area contributed by atoms with Crippen LogP contribution in [-0.2, 0) is 0 Å². The molecule has 3 rings (SSSR count). The van der Waals surface area contributed by atoms with Crippen LogP contribution >= 0.6 is 0 Å². The number of ether oxygens (including phenoxy) is 1. The summed E-state index contributed by atoms with van der Waals surface area (Å²) in [5.74, 6) is 1.81. The SMILES string of the molecule is C[C@H]1CCCN(CCCOc2ccc(-c3ccncc3)cc2)C1. The molecule has 2 aromatic rings. The fraction of sp³-hybridized carbons (Fsp3) is 0.450. The first-order valence-electron chi connectivity index (χ1n) is 8.67. The molecule has 1 atom stereocenters. The lowest BCUT2D eigenvalue weighted by Gasteiger charge is -2.30. The third kappa shape index (κ3) is 4.80. The van der Waals surface area contributed by atoms with Gasteiger partial charge >= 0.3 is 0 Å². The number of rotatable bonds is 6. The number of aromatic nitrogens is 1. The maximum atomic E-state index is 5.88. The van der Waals surface area contributed by atoms with Gasteiger partial charge in [-0.15, -0.1) is 0 Å². The maximum absolute atomic E-state index is 5.88. The Labute approximate surface area is 139 Å². The summed E-state index contributed by atoms with van der Waals surface area (Å²) in [5.41, 5.74) is 2.38. The van der Waals surface area contributed by atoms with Gasteiger partial charge in [-0.3, -0.25) is 4.98 Å². The largest absolute Gasteiger partial charge is 0.494 e. The van der Waals surface area contributed by atoms with Crippen LogP contribution in [0.5, 0.6) is 5.75 Å². The van der Waals surface area contributed by atoms with Crippen LogP contribution in [0.1, 0.15) is 26.2 Å². The molecule has 1 aromatic carbocycles. The first kappa shape index (κ1) is 16.0. The van der Waals surface area contributed by atoms with Gasteiger partial charge in [-0.1, -0.05) is 19.1 Å². The van der Waals surface area contributed by atoms with Gasteiger partial charge in [0.1, 0.15) is 5.75 Å².